The van der Waals surface area contributed by atoms with Crippen LogP contribution in [0, 0.1) is 12.7 Å². The third-order valence-corrected chi connectivity index (χ3v) is 4.65. The van der Waals surface area contributed by atoms with Crippen LogP contribution in [-0.4, -0.2) is 20.9 Å². The molecular weight excluding hydrogens is 347 g/mol. The summed E-state index contributed by atoms with van der Waals surface area (Å²) in [6.45, 7) is 4.06. The van der Waals surface area contributed by atoms with Gasteiger partial charge in [-0.05, 0) is 43.2 Å². The molecule has 2 N–H and O–H groups in total. The maximum absolute atomic E-state index is 14.2. The van der Waals surface area contributed by atoms with Gasteiger partial charge in [-0.25, -0.2) is 12.8 Å². The Morgan fingerprint density at radius 2 is 1.88 bits per heavy atom. The van der Waals surface area contributed by atoms with Gasteiger partial charge in [0.25, 0.3) is 15.9 Å². The van der Waals surface area contributed by atoms with Crippen LogP contribution >= 0.6 is 0 Å². The molecule has 0 heterocycles. The third-order valence-electron chi connectivity index (χ3n) is 3.38. The zero-order chi connectivity index (χ0) is 18.4. The van der Waals surface area contributed by atoms with Gasteiger partial charge in [-0.1, -0.05) is 24.3 Å². The highest BCUT2D eigenvalue weighted by atomic mass is 32.2. The predicted octanol–water partition coefficient (Wildman–Crippen LogP) is 2.29. The van der Waals surface area contributed by atoms with Gasteiger partial charge >= 0.3 is 0 Å². The molecule has 6 nitrogen and oxygen atoms in total. The van der Waals surface area contributed by atoms with Gasteiger partial charge in [-0.15, -0.1) is 4.83 Å². The summed E-state index contributed by atoms with van der Waals surface area (Å²) >= 11 is 0. The Labute approximate surface area is 146 Å². The molecule has 0 bridgehead atoms. The van der Waals surface area contributed by atoms with E-state index in [-0.39, 0.29) is 22.6 Å². The van der Waals surface area contributed by atoms with E-state index in [0.29, 0.717) is 12.2 Å². The number of carbonyl (C=O) groups is 1. The smallest absolute Gasteiger partial charge is 0.269 e. The molecule has 1 amide bonds. The lowest BCUT2D eigenvalue weighted by atomic mass is 10.1. The lowest BCUT2D eigenvalue weighted by Gasteiger charge is -2.11. The molecule has 0 aliphatic heterocycles. The first-order chi connectivity index (χ1) is 11.8. The van der Waals surface area contributed by atoms with Gasteiger partial charge in [0.15, 0.2) is 0 Å². The average molecular weight is 366 g/mol. The van der Waals surface area contributed by atoms with E-state index in [1.165, 1.54) is 25.1 Å². The number of rotatable bonds is 7. The standard InChI is InChI=1S/C17H19FN2O4S/c1-3-24-11-13-9-12(2)16(18)15(10-13)17(21)19-20-25(22,23)14-7-5-4-6-8-14/h4-10,20H,3,11H2,1-2H3,(H,19,21). The predicted molar refractivity (Wildman–Crippen MR) is 90.7 cm³/mol. The Balaban J connectivity index is 2.17. The summed E-state index contributed by atoms with van der Waals surface area (Å²) in [5.41, 5.74) is 2.67. The number of hydrogen-bond donors (Lipinski definition) is 2. The van der Waals surface area contributed by atoms with E-state index in [1.54, 1.807) is 24.3 Å². The molecule has 2 rings (SSSR count). The first-order valence-electron chi connectivity index (χ1n) is 7.59. The maximum atomic E-state index is 14.2. The molecule has 0 unspecified atom stereocenters. The van der Waals surface area contributed by atoms with E-state index in [4.69, 9.17) is 4.74 Å². The van der Waals surface area contributed by atoms with Gasteiger partial charge in [0, 0.05) is 6.61 Å². The largest absolute Gasteiger partial charge is 0.377 e. The lowest BCUT2D eigenvalue weighted by Crippen LogP contribution is -2.41. The fraction of sp³-hybridized carbons (Fsp3) is 0.235. The second-order valence-corrected chi connectivity index (χ2v) is 6.97. The van der Waals surface area contributed by atoms with Crippen LogP contribution in [0.2, 0.25) is 0 Å². The molecule has 25 heavy (non-hydrogen) atoms. The number of aryl methyl sites for hydroxylation is 1. The van der Waals surface area contributed by atoms with E-state index in [2.05, 4.69) is 0 Å². The van der Waals surface area contributed by atoms with Crippen molar-refractivity contribution in [1.29, 1.82) is 0 Å². The van der Waals surface area contributed by atoms with Gasteiger partial charge in [0.2, 0.25) is 0 Å². The Morgan fingerprint density at radius 1 is 1.20 bits per heavy atom. The number of sulfonamides is 1. The van der Waals surface area contributed by atoms with Crippen LogP contribution in [0.4, 0.5) is 4.39 Å². The number of hydrogen-bond acceptors (Lipinski definition) is 4. The minimum Gasteiger partial charge on any atom is -0.377 e. The van der Waals surface area contributed by atoms with Crippen LogP contribution < -0.4 is 10.3 Å². The van der Waals surface area contributed by atoms with Crippen LogP contribution in [0.5, 0.6) is 0 Å². The maximum Gasteiger partial charge on any atom is 0.269 e. The second kappa shape index (κ2) is 8.19. The molecule has 0 fully saturated rings. The third kappa shape index (κ3) is 4.85. The summed E-state index contributed by atoms with van der Waals surface area (Å²) < 4.78 is 43.7. The fourth-order valence-electron chi connectivity index (χ4n) is 2.15. The summed E-state index contributed by atoms with van der Waals surface area (Å²) in [6, 6.07) is 10.4. The fourth-order valence-corrected chi connectivity index (χ4v) is 3.01. The molecule has 0 radical (unpaired) electrons. The molecule has 2 aromatic rings. The highest BCUT2D eigenvalue weighted by molar-refractivity contribution is 7.89. The zero-order valence-corrected chi connectivity index (χ0v) is 14.7. The SMILES string of the molecule is CCOCc1cc(C)c(F)c(C(=O)NNS(=O)(=O)c2ccccc2)c1. The highest BCUT2D eigenvalue weighted by Crippen LogP contribution is 2.16. The summed E-state index contributed by atoms with van der Waals surface area (Å²) in [6.07, 6.45) is 0. The Bertz CT molecular complexity index is 854. The van der Waals surface area contributed by atoms with E-state index >= 15 is 0 Å². The van der Waals surface area contributed by atoms with E-state index in [0.717, 1.165) is 0 Å². The molecule has 0 aromatic heterocycles. The van der Waals surface area contributed by atoms with Crippen LogP contribution in [0.1, 0.15) is 28.4 Å². The van der Waals surface area contributed by atoms with Gasteiger partial charge in [0.05, 0.1) is 17.1 Å². The van der Waals surface area contributed by atoms with Crippen molar-refractivity contribution in [2.75, 3.05) is 6.61 Å². The van der Waals surface area contributed by atoms with Crippen molar-refractivity contribution in [3.63, 3.8) is 0 Å². The normalized spacial score (nSPS) is 11.3. The molecule has 0 aliphatic carbocycles. The highest BCUT2D eigenvalue weighted by Gasteiger charge is 2.19. The molecule has 134 valence electrons. The van der Waals surface area contributed by atoms with Gasteiger partial charge in [-0.2, -0.15) is 0 Å². The molecular formula is C17H19FN2O4S. The second-order valence-electron chi connectivity index (χ2n) is 5.28. The Kier molecular flexibility index (Phi) is 6.24. The van der Waals surface area contributed by atoms with Crippen molar-refractivity contribution in [3.8, 4) is 0 Å². The number of amides is 1. The van der Waals surface area contributed by atoms with E-state index in [1.807, 2.05) is 17.2 Å². The zero-order valence-electron chi connectivity index (χ0n) is 13.9. The molecule has 2 aromatic carbocycles. The Hall–Kier alpha value is -2.29. The number of nitrogens with one attached hydrogen (secondary N) is 2. The molecule has 0 atom stereocenters. The number of ether oxygens (including phenoxy) is 1. The number of carbonyl (C=O) groups excluding carboxylic acids is 1. The Morgan fingerprint density at radius 3 is 2.52 bits per heavy atom. The summed E-state index contributed by atoms with van der Waals surface area (Å²) in [4.78, 5) is 14.1. The quantitative estimate of drug-likeness (QED) is 0.737. The van der Waals surface area contributed by atoms with Crippen molar-refractivity contribution in [2.24, 2.45) is 0 Å². The average Bonchev–Trinajstić information content (AvgIpc) is 2.61. The summed E-state index contributed by atoms with van der Waals surface area (Å²) in [5, 5.41) is 0. The topological polar surface area (TPSA) is 84.5 Å². The lowest BCUT2D eigenvalue weighted by molar-refractivity contribution is 0.0940. The van der Waals surface area contributed by atoms with Crippen molar-refractivity contribution < 1.29 is 22.3 Å². The van der Waals surface area contributed by atoms with Crippen LogP contribution in [0.3, 0.4) is 0 Å². The minimum atomic E-state index is -3.94. The summed E-state index contributed by atoms with van der Waals surface area (Å²) in [5.74, 6) is -1.60. The van der Waals surface area contributed by atoms with Crippen molar-refractivity contribution in [3.05, 3.63) is 65.0 Å². The van der Waals surface area contributed by atoms with Crippen LogP contribution in [0.25, 0.3) is 0 Å². The summed E-state index contributed by atoms with van der Waals surface area (Å²) in [7, 11) is -3.94. The van der Waals surface area contributed by atoms with Gasteiger partial charge < -0.3 is 4.74 Å². The van der Waals surface area contributed by atoms with Gasteiger partial charge in [-0.3, -0.25) is 10.2 Å². The number of halogens is 1. The van der Waals surface area contributed by atoms with Crippen molar-refractivity contribution in [2.45, 2.75) is 25.3 Å². The first kappa shape index (κ1) is 19.0. The number of benzene rings is 2. The van der Waals surface area contributed by atoms with E-state index in [9.17, 15) is 17.6 Å². The van der Waals surface area contributed by atoms with Crippen LogP contribution in [0.15, 0.2) is 47.4 Å². The first-order valence-corrected chi connectivity index (χ1v) is 9.07. The molecule has 0 saturated carbocycles. The van der Waals surface area contributed by atoms with Crippen molar-refractivity contribution >= 4 is 15.9 Å². The minimum absolute atomic E-state index is 0.0166. The molecule has 8 heteroatoms. The monoisotopic (exact) mass is 366 g/mol. The molecule has 0 spiro atoms. The molecule has 0 saturated heterocycles. The van der Waals surface area contributed by atoms with Crippen molar-refractivity contribution in [1.82, 2.24) is 10.3 Å². The number of hydrazine groups is 1. The molecule has 0 aliphatic rings. The van der Waals surface area contributed by atoms with E-state index < -0.39 is 21.7 Å². The van der Waals surface area contributed by atoms with Gasteiger partial charge in [0.1, 0.15) is 5.82 Å². The van der Waals surface area contributed by atoms with Crippen LogP contribution in [-0.2, 0) is 21.4 Å².